The molecule has 0 aliphatic carbocycles. The number of hydrogen-bond acceptors (Lipinski definition) is 4. The number of phenols is 1. The zero-order valence-corrected chi connectivity index (χ0v) is 15.1. The summed E-state index contributed by atoms with van der Waals surface area (Å²) in [5.74, 6) is 1.52. The van der Waals surface area contributed by atoms with Crippen molar-refractivity contribution < 1.29 is 14.3 Å². The number of benzene rings is 2. The van der Waals surface area contributed by atoms with Gasteiger partial charge in [-0.2, -0.15) is 0 Å². The van der Waals surface area contributed by atoms with Gasteiger partial charge in [0.05, 0.1) is 0 Å². The smallest absolute Gasteiger partial charge is 0.259 e. The molecular weight excluding hydrogens is 332 g/mol. The maximum atomic E-state index is 12.3. The van der Waals surface area contributed by atoms with Crippen LogP contribution >= 0.6 is 11.8 Å². The van der Waals surface area contributed by atoms with Crippen LogP contribution in [0.3, 0.4) is 0 Å². The summed E-state index contributed by atoms with van der Waals surface area (Å²) in [6, 6.07) is 17.1. The van der Waals surface area contributed by atoms with E-state index in [2.05, 4.69) is 0 Å². The first-order chi connectivity index (χ1) is 12.0. The Bertz CT molecular complexity index is 858. The van der Waals surface area contributed by atoms with Gasteiger partial charge in [0, 0.05) is 11.3 Å². The highest BCUT2D eigenvalue weighted by molar-refractivity contribution is 8.14. The summed E-state index contributed by atoms with van der Waals surface area (Å²) in [6.45, 7) is 3.80. The molecule has 0 bridgehead atoms. The van der Waals surface area contributed by atoms with E-state index in [-0.39, 0.29) is 5.12 Å². The second kappa shape index (κ2) is 7.62. The molecule has 0 saturated heterocycles. The molecule has 0 saturated carbocycles. The molecular formula is C21H20O3S. The fraction of sp³-hybridized carbons (Fsp3) is 0.190. The van der Waals surface area contributed by atoms with Gasteiger partial charge >= 0.3 is 0 Å². The SMILES string of the molecule is Cc1cc(CCc2ccc(C(=O)Sc3ccccc3)o2)cc(C)c1O. The zero-order chi connectivity index (χ0) is 17.8. The minimum Gasteiger partial charge on any atom is -0.507 e. The Balaban J connectivity index is 1.63. The van der Waals surface area contributed by atoms with Crippen LogP contribution in [0.2, 0.25) is 0 Å². The molecule has 0 aliphatic rings. The monoisotopic (exact) mass is 352 g/mol. The molecule has 0 aliphatic heterocycles. The average Bonchev–Trinajstić information content (AvgIpc) is 3.08. The summed E-state index contributed by atoms with van der Waals surface area (Å²) in [7, 11) is 0. The molecule has 0 unspecified atom stereocenters. The summed E-state index contributed by atoms with van der Waals surface area (Å²) < 4.78 is 5.70. The second-order valence-corrected chi connectivity index (χ2v) is 7.09. The summed E-state index contributed by atoms with van der Waals surface area (Å²) in [5.41, 5.74) is 2.91. The van der Waals surface area contributed by atoms with Crippen molar-refractivity contribution in [3.8, 4) is 5.75 Å². The Morgan fingerprint density at radius 2 is 1.68 bits per heavy atom. The Labute approximate surface area is 151 Å². The van der Waals surface area contributed by atoms with E-state index in [1.54, 1.807) is 6.07 Å². The Hall–Kier alpha value is -2.46. The van der Waals surface area contributed by atoms with Gasteiger partial charge in [-0.05, 0) is 73.0 Å². The maximum Gasteiger partial charge on any atom is 0.259 e. The van der Waals surface area contributed by atoms with Gasteiger partial charge in [0.1, 0.15) is 11.5 Å². The van der Waals surface area contributed by atoms with Gasteiger partial charge in [-0.15, -0.1) is 0 Å². The quantitative estimate of drug-likeness (QED) is 0.631. The lowest BCUT2D eigenvalue weighted by molar-refractivity contribution is 0.106. The van der Waals surface area contributed by atoms with E-state index < -0.39 is 0 Å². The highest BCUT2D eigenvalue weighted by atomic mass is 32.2. The molecule has 3 rings (SSSR count). The number of thioether (sulfide) groups is 1. The average molecular weight is 352 g/mol. The zero-order valence-electron chi connectivity index (χ0n) is 14.3. The standard InChI is InChI=1S/C21H20O3S/c1-14-12-16(13-15(2)20(14)22)8-9-17-10-11-19(24-17)21(23)25-18-6-4-3-5-7-18/h3-7,10-13,22H,8-9H2,1-2H3. The number of carbonyl (C=O) groups excluding carboxylic acids is 1. The third-order valence-corrected chi connectivity index (χ3v) is 4.92. The lowest BCUT2D eigenvalue weighted by atomic mass is 10.0. The van der Waals surface area contributed by atoms with Gasteiger partial charge in [-0.1, -0.05) is 30.3 Å². The summed E-state index contributed by atoms with van der Waals surface area (Å²) in [6.07, 6.45) is 1.52. The largest absolute Gasteiger partial charge is 0.507 e. The number of aryl methyl sites for hydroxylation is 4. The summed E-state index contributed by atoms with van der Waals surface area (Å²) in [5, 5.41) is 9.75. The predicted molar refractivity (Wildman–Crippen MR) is 100 cm³/mol. The van der Waals surface area contributed by atoms with Crippen LogP contribution in [0, 0.1) is 13.8 Å². The third-order valence-electron chi connectivity index (χ3n) is 4.03. The molecule has 1 aromatic heterocycles. The molecule has 128 valence electrons. The molecule has 0 spiro atoms. The third kappa shape index (κ3) is 4.34. The molecule has 0 radical (unpaired) electrons. The van der Waals surface area contributed by atoms with Crippen molar-refractivity contribution in [1.82, 2.24) is 0 Å². The van der Waals surface area contributed by atoms with Gasteiger partial charge in [-0.3, -0.25) is 4.79 Å². The van der Waals surface area contributed by atoms with E-state index in [4.69, 9.17) is 4.42 Å². The van der Waals surface area contributed by atoms with Crippen molar-refractivity contribution in [2.45, 2.75) is 31.6 Å². The highest BCUT2D eigenvalue weighted by Gasteiger charge is 2.13. The number of furan rings is 1. The normalized spacial score (nSPS) is 10.8. The van der Waals surface area contributed by atoms with E-state index in [1.165, 1.54) is 11.8 Å². The van der Waals surface area contributed by atoms with Crippen LogP contribution in [-0.2, 0) is 12.8 Å². The van der Waals surface area contributed by atoms with Gasteiger partial charge in [-0.25, -0.2) is 0 Å². The predicted octanol–water partition coefficient (Wildman–Crippen LogP) is 5.32. The molecule has 3 nitrogen and oxygen atoms in total. The number of phenolic OH excluding ortho intramolecular Hbond substituents is 1. The van der Waals surface area contributed by atoms with Gasteiger partial charge < -0.3 is 9.52 Å². The fourth-order valence-corrected chi connectivity index (χ4v) is 3.44. The summed E-state index contributed by atoms with van der Waals surface area (Å²) >= 11 is 1.17. The molecule has 0 fully saturated rings. The van der Waals surface area contributed by atoms with Crippen molar-refractivity contribution in [2.24, 2.45) is 0 Å². The lowest BCUT2D eigenvalue weighted by Crippen LogP contribution is -1.93. The second-order valence-electron chi connectivity index (χ2n) is 6.05. The molecule has 4 heteroatoms. The van der Waals surface area contributed by atoms with Crippen molar-refractivity contribution >= 4 is 16.9 Å². The number of carbonyl (C=O) groups is 1. The first kappa shape index (κ1) is 17.4. The van der Waals surface area contributed by atoms with Gasteiger partial charge in [0.2, 0.25) is 0 Å². The summed E-state index contributed by atoms with van der Waals surface area (Å²) in [4.78, 5) is 13.2. The van der Waals surface area contributed by atoms with Crippen LogP contribution in [0.15, 0.2) is 63.9 Å². The van der Waals surface area contributed by atoms with Crippen molar-refractivity contribution in [3.05, 3.63) is 82.8 Å². The van der Waals surface area contributed by atoms with Crippen LogP contribution in [0.4, 0.5) is 0 Å². The Morgan fingerprint density at radius 3 is 2.36 bits per heavy atom. The first-order valence-corrected chi connectivity index (χ1v) is 8.99. The Morgan fingerprint density at radius 1 is 1.00 bits per heavy atom. The minimum atomic E-state index is -0.0891. The Kier molecular flexibility index (Phi) is 5.29. The molecule has 1 heterocycles. The molecule has 0 atom stereocenters. The van der Waals surface area contributed by atoms with E-state index in [1.807, 2.05) is 62.4 Å². The van der Waals surface area contributed by atoms with E-state index in [0.717, 1.165) is 33.8 Å². The van der Waals surface area contributed by atoms with Crippen LogP contribution in [-0.4, -0.2) is 10.2 Å². The van der Waals surface area contributed by atoms with Crippen molar-refractivity contribution in [2.75, 3.05) is 0 Å². The fourth-order valence-electron chi connectivity index (χ4n) is 2.73. The van der Waals surface area contributed by atoms with Crippen LogP contribution in [0.5, 0.6) is 5.75 Å². The molecule has 1 N–H and O–H groups in total. The van der Waals surface area contributed by atoms with Crippen LogP contribution in [0.1, 0.15) is 33.0 Å². The van der Waals surface area contributed by atoms with E-state index in [0.29, 0.717) is 17.9 Å². The van der Waals surface area contributed by atoms with Crippen molar-refractivity contribution in [3.63, 3.8) is 0 Å². The van der Waals surface area contributed by atoms with Gasteiger partial charge in [0.25, 0.3) is 5.12 Å². The molecule has 0 amide bonds. The number of hydrogen-bond donors (Lipinski definition) is 1. The van der Waals surface area contributed by atoms with E-state index >= 15 is 0 Å². The molecule has 25 heavy (non-hydrogen) atoms. The highest BCUT2D eigenvalue weighted by Crippen LogP contribution is 2.25. The number of rotatable bonds is 5. The van der Waals surface area contributed by atoms with Crippen molar-refractivity contribution in [1.29, 1.82) is 0 Å². The molecule has 2 aromatic carbocycles. The maximum absolute atomic E-state index is 12.3. The number of aromatic hydroxyl groups is 1. The lowest BCUT2D eigenvalue weighted by Gasteiger charge is -2.07. The van der Waals surface area contributed by atoms with Gasteiger partial charge in [0.15, 0.2) is 5.76 Å². The first-order valence-electron chi connectivity index (χ1n) is 8.18. The topological polar surface area (TPSA) is 50.4 Å². The van der Waals surface area contributed by atoms with Crippen LogP contribution in [0.25, 0.3) is 0 Å². The minimum absolute atomic E-state index is 0.0891. The molecule has 3 aromatic rings. The van der Waals surface area contributed by atoms with E-state index in [9.17, 15) is 9.90 Å². The van der Waals surface area contributed by atoms with Crippen LogP contribution < -0.4 is 0 Å².